The lowest BCUT2D eigenvalue weighted by atomic mass is 9.94. The van der Waals surface area contributed by atoms with E-state index in [0.29, 0.717) is 17.4 Å². The van der Waals surface area contributed by atoms with E-state index in [0.717, 1.165) is 24.1 Å². The summed E-state index contributed by atoms with van der Waals surface area (Å²) in [5, 5.41) is 20.6. The highest BCUT2D eigenvalue weighted by Crippen LogP contribution is 2.28. The molecule has 0 unspecified atom stereocenters. The van der Waals surface area contributed by atoms with Crippen molar-refractivity contribution in [2.75, 3.05) is 11.9 Å². The minimum Gasteiger partial charge on any atom is -0.409 e. The van der Waals surface area contributed by atoms with Gasteiger partial charge >= 0.3 is 0 Å². The molecule has 1 fully saturated rings. The standard InChI is InChI=1S/C14H23N5O/c1-9-10(2)16-17-14(12(9)13(15)18-20)19(3)11-7-5-4-6-8-11/h11,20H,4-8H2,1-3H3,(H2,15,18). The number of oxime groups is 1. The fourth-order valence-corrected chi connectivity index (χ4v) is 2.84. The fraction of sp³-hybridized carbons (Fsp3) is 0.643. The molecule has 3 N–H and O–H groups in total. The van der Waals surface area contributed by atoms with Gasteiger partial charge in [0.25, 0.3) is 0 Å². The molecule has 0 spiro atoms. The second-order valence-electron chi connectivity index (χ2n) is 5.50. The summed E-state index contributed by atoms with van der Waals surface area (Å²) in [6, 6.07) is 0.449. The number of anilines is 1. The predicted octanol–water partition coefficient (Wildman–Crippen LogP) is 1.96. The lowest BCUT2D eigenvalue weighted by Gasteiger charge is -2.33. The molecule has 110 valence electrons. The molecule has 0 saturated heterocycles. The summed E-state index contributed by atoms with van der Waals surface area (Å²) >= 11 is 0. The zero-order chi connectivity index (χ0) is 14.7. The maximum atomic E-state index is 9.02. The summed E-state index contributed by atoms with van der Waals surface area (Å²) in [6.45, 7) is 3.80. The van der Waals surface area contributed by atoms with Crippen LogP contribution < -0.4 is 10.6 Å². The minimum absolute atomic E-state index is 0.0955. The smallest absolute Gasteiger partial charge is 0.174 e. The van der Waals surface area contributed by atoms with Gasteiger partial charge in [-0.1, -0.05) is 24.4 Å². The average Bonchev–Trinajstić information content (AvgIpc) is 2.49. The van der Waals surface area contributed by atoms with E-state index in [1.165, 1.54) is 19.3 Å². The second kappa shape index (κ2) is 6.07. The highest BCUT2D eigenvalue weighted by Gasteiger charge is 2.24. The highest BCUT2D eigenvalue weighted by molar-refractivity contribution is 6.02. The molecule has 0 bridgehead atoms. The number of aromatic nitrogens is 2. The van der Waals surface area contributed by atoms with E-state index in [2.05, 4.69) is 20.3 Å². The van der Waals surface area contributed by atoms with Crippen LogP contribution in [0.15, 0.2) is 5.16 Å². The molecule has 1 aliphatic rings. The SMILES string of the molecule is Cc1nnc(N(C)C2CCCCC2)c(/C(N)=N/O)c1C. The van der Waals surface area contributed by atoms with Crippen LogP contribution in [0.1, 0.15) is 48.9 Å². The van der Waals surface area contributed by atoms with Gasteiger partial charge in [0.2, 0.25) is 0 Å². The summed E-state index contributed by atoms with van der Waals surface area (Å²) in [5.41, 5.74) is 8.23. The van der Waals surface area contributed by atoms with Crippen molar-refractivity contribution in [3.05, 3.63) is 16.8 Å². The number of hydrogen-bond acceptors (Lipinski definition) is 5. The molecule has 0 radical (unpaired) electrons. The largest absolute Gasteiger partial charge is 0.409 e. The molecule has 6 nitrogen and oxygen atoms in total. The molecule has 1 aromatic heterocycles. The van der Waals surface area contributed by atoms with Gasteiger partial charge in [0, 0.05) is 13.1 Å². The van der Waals surface area contributed by atoms with Gasteiger partial charge in [-0.15, -0.1) is 5.10 Å². The topological polar surface area (TPSA) is 87.6 Å². The van der Waals surface area contributed by atoms with Gasteiger partial charge in [-0.05, 0) is 32.3 Å². The Bertz CT molecular complexity index is 509. The van der Waals surface area contributed by atoms with Crippen LogP contribution in [-0.2, 0) is 0 Å². The van der Waals surface area contributed by atoms with Gasteiger partial charge < -0.3 is 15.8 Å². The van der Waals surface area contributed by atoms with Crippen molar-refractivity contribution in [1.29, 1.82) is 0 Å². The van der Waals surface area contributed by atoms with Crippen molar-refractivity contribution in [3.8, 4) is 0 Å². The minimum atomic E-state index is 0.0955. The first-order valence-electron chi connectivity index (χ1n) is 7.11. The Morgan fingerprint density at radius 2 is 1.90 bits per heavy atom. The first kappa shape index (κ1) is 14.6. The van der Waals surface area contributed by atoms with Crippen LogP contribution in [0.2, 0.25) is 0 Å². The molecule has 0 aliphatic heterocycles. The molecule has 20 heavy (non-hydrogen) atoms. The third-order valence-electron chi connectivity index (χ3n) is 4.26. The molecule has 1 aliphatic carbocycles. The van der Waals surface area contributed by atoms with E-state index in [1.54, 1.807) is 0 Å². The predicted molar refractivity (Wildman–Crippen MR) is 79.3 cm³/mol. The maximum absolute atomic E-state index is 9.02. The Labute approximate surface area is 119 Å². The number of rotatable bonds is 3. The molecule has 2 rings (SSSR count). The van der Waals surface area contributed by atoms with Crippen molar-refractivity contribution in [2.45, 2.75) is 52.0 Å². The summed E-state index contributed by atoms with van der Waals surface area (Å²) in [4.78, 5) is 2.13. The van der Waals surface area contributed by atoms with Gasteiger partial charge in [-0.25, -0.2) is 0 Å². The highest BCUT2D eigenvalue weighted by atomic mass is 16.4. The normalized spacial score (nSPS) is 17.2. The van der Waals surface area contributed by atoms with E-state index >= 15 is 0 Å². The third kappa shape index (κ3) is 2.69. The summed E-state index contributed by atoms with van der Waals surface area (Å²) in [7, 11) is 2.02. The van der Waals surface area contributed by atoms with Gasteiger partial charge in [0.15, 0.2) is 11.7 Å². The molecule has 1 heterocycles. The van der Waals surface area contributed by atoms with Crippen LogP contribution in [0.4, 0.5) is 5.82 Å². The van der Waals surface area contributed by atoms with Gasteiger partial charge in [0.1, 0.15) is 0 Å². The Morgan fingerprint density at radius 1 is 1.25 bits per heavy atom. The van der Waals surface area contributed by atoms with E-state index in [9.17, 15) is 0 Å². The van der Waals surface area contributed by atoms with E-state index in [4.69, 9.17) is 10.9 Å². The molecular formula is C14H23N5O. The Kier molecular flexibility index (Phi) is 4.42. The quantitative estimate of drug-likeness (QED) is 0.381. The molecule has 1 saturated carbocycles. The van der Waals surface area contributed by atoms with Gasteiger partial charge in [-0.2, -0.15) is 5.10 Å². The number of nitrogens with two attached hydrogens (primary N) is 1. The summed E-state index contributed by atoms with van der Waals surface area (Å²) in [5.74, 6) is 0.799. The van der Waals surface area contributed by atoms with E-state index in [-0.39, 0.29) is 5.84 Å². The van der Waals surface area contributed by atoms with E-state index in [1.807, 2.05) is 20.9 Å². The molecular weight excluding hydrogens is 254 g/mol. The molecule has 0 atom stereocenters. The van der Waals surface area contributed by atoms with E-state index < -0.39 is 0 Å². The molecule has 6 heteroatoms. The molecule has 0 amide bonds. The first-order chi connectivity index (χ1) is 9.56. The maximum Gasteiger partial charge on any atom is 0.174 e. The van der Waals surface area contributed by atoms with Crippen LogP contribution in [0.5, 0.6) is 0 Å². The van der Waals surface area contributed by atoms with Crippen molar-refractivity contribution in [2.24, 2.45) is 10.9 Å². The zero-order valence-electron chi connectivity index (χ0n) is 12.4. The average molecular weight is 277 g/mol. The van der Waals surface area contributed by atoms with Crippen molar-refractivity contribution < 1.29 is 5.21 Å². The number of amidine groups is 1. The first-order valence-corrected chi connectivity index (χ1v) is 7.11. The lowest BCUT2D eigenvalue weighted by molar-refractivity contribution is 0.318. The molecule has 0 aromatic carbocycles. The van der Waals surface area contributed by atoms with Crippen molar-refractivity contribution >= 4 is 11.7 Å². The number of hydrogen-bond donors (Lipinski definition) is 2. The number of aryl methyl sites for hydroxylation is 1. The Hall–Kier alpha value is -1.85. The van der Waals surface area contributed by atoms with Crippen LogP contribution in [-0.4, -0.2) is 34.3 Å². The summed E-state index contributed by atoms with van der Waals surface area (Å²) < 4.78 is 0. The Balaban J connectivity index is 2.42. The third-order valence-corrected chi connectivity index (χ3v) is 4.26. The second-order valence-corrected chi connectivity index (χ2v) is 5.50. The fourth-order valence-electron chi connectivity index (χ4n) is 2.84. The van der Waals surface area contributed by atoms with Crippen LogP contribution >= 0.6 is 0 Å². The van der Waals surface area contributed by atoms with Crippen molar-refractivity contribution in [1.82, 2.24) is 10.2 Å². The monoisotopic (exact) mass is 277 g/mol. The summed E-state index contributed by atoms with van der Waals surface area (Å²) in [6.07, 6.45) is 6.09. The lowest BCUT2D eigenvalue weighted by Crippen LogP contribution is -2.36. The van der Waals surface area contributed by atoms with Crippen LogP contribution in [0.25, 0.3) is 0 Å². The molecule has 1 aromatic rings. The zero-order valence-corrected chi connectivity index (χ0v) is 12.4. The number of nitrogens with zero attached hydrogens (tertiary/aromatic N) is 4. The van der Waals surface area contributed by atoms with Crippen LogP contribution in [0.3, 0.4) is 0 Å². The van der Waals surface area contributed by atoms with Gasteiger partial charge in [0.05, 0.1) is 11.3 Å². The van der Waals surface area contributed by atoms with Crippen LogP contribution in [0, 0.1) is 13.8 Å². The Morgan fingerprint density at radius 3 is 2.50 bits per heavy atom. The van der Waals surface area contributed by atoms with Crippen molar-refractivity contribution in [3.63, 3.8) is 0 Å². The van der Waals surface area contributed by atoms with Gasteiger partial charge in [-0.3, -0.25) is 0 Å².